The monoisotopic (exact) mass is 351 g/mol. The molecular formula is C21H18FNO3. The molecule has 0 saturated heterocycles. The first-order chi connectivity index (χ1) is 12.7. The highest BCUT2D eigenvalue weighted by Gasteiger charge is 2.04. The van der Waals surface area contributed by atoms with Crippen LogP contribution >= 0.6 is 0 Å². The average Bonchev–Trinajstić information content (AvgIpc) is 2.68. The number of nitrogens with one attached hydrogen (secondary N) is 1. The van der Waals surface area contributed by atoms with Crippen LogP contribution in [0.3, 0.4) is 0 Å². The van der Waals surface area contributed by atoms with E-state index < -0.39 is 0 Å². The topological polar surface area (TPSA) is 47.6 Å². The van der Waals surface area contributed by atoms with Gasteiger partial charge in [-0.25, -0.2) is 4.39 Å². The van der Waals surface area contributed by atoms with E-state index >= 15 is 0 Å². The maximum absolute atomic E-state index is 12.8. The van der Waals surface area contributed by atoms with Crippen molar-refractivity contribution in [2.24, 2.45) is 0 Å². The van der Waals surface area contributed by atoms with E-state index in [9.17, 15) is 9.18 Å². The maximum Gasteiger partial charge on any atom is 0.258 e. The van der Waals surface area contributed by atoms with Gasteiger partial charge in [0.1, 0.15) is 23.1 Å². The zero-order chi connectivity index (χ0) is 18.2. The smallest absolute Gasteiger partial charge is 0.258 e. The lowest BCUT2D eigenvalue weighted by atomic mass is 10.2. The van der Waals surface area contributed by atoms with E-state index in [1.807, 2.05) is 30.3 Å². The minimum absolute atomic E-state index is 0.0971. The Morgan fingerprint density at radius 2 is 1.42 bits per heavy atom. The Bertz CT molecular complexity index is 833. The van der Waals surface area contributed by atoms with Crippen molar-refractivity contribution < 1.29 is 18.7 Å². The van der Waals surface area contributed by atoms with Crippen LogP contribution in [0.1, 0.15) is 5.56 Å². The Morgan fingerprint density at radius 3 is 2.12 bits per heavy atom. The van der Waals surface area contributed by atoms with Crippen LogP contribution in [0.2, 0.25) is 0 Å². The second kappa shape index (κ2) is 8.67. The fourth-order valence-corrected chi connectivity index (χ4v) is 2.23. The second-order valence-electron chi connectivity index (χ2n) is 5.58. The first-order valence-corrected chi connectivity index (χ1v) is 8.16. The molecule has 3 rings (SSSR count). The molecule has 0 saturated carbocycles. The third kappa shape index (κ3) is 5.34. The Kier molecular flexibility index (Phi) is 5.83. The normalized spacial score (nSPS) is 10.2. The molecule has 0 spiro atoms. The molecule has 0 fully saturated rings. The first-order valence-electron chi connectivity index (χ1n) is 8.16. The summed E-state index contributed by atoms with van der Waals surface area (Å²) < 4.78 is 24.0. The van der Waals surface area contributed by atoms with Crippen molar-refractivity contribution in [1.82, 2.24) is 5.32 Å². The maximum atomic E-state index is 12.8. The third-order valence-electron chi connectivity index (χ3n) is 3.58. The van der Waals surface area contributed by atoms with Gasteiger partial charge in [-0.2, -0.15) is 0 Å². The van der Waals surface area contributed by atoms with Gasteiger partial charge in [-0.3, -0.25) is 4.79 Å². The number of hydrogen-bond acceptors (Lipinski definition) is 3. The number of benzene rings is 3. The van der Waals surface area contributed by atoms with Crippen LogP contribution < -0.4 is 14.8 Å². The summed E-state index contributed by atoms with van der Waals surface area (Å²) in [4.78, 5) is 11.8. The van der Waals surface area contributed by atoms with Crippen molar-refractivity contribution in [3.63, 3.8) is 0 Å². The van der Waals surface area contributed by atoms with E-state index in [-0.39, 0.29) is 18.3 Å². The van der Waals surface area contributed by atoms with Gasteiger partial charge in [0.25, 0.3) is 5.91 Å². The molecule has 0 unspecified atom stereocenters. The van der Waals surface area contributed by atoms with Crippen LogP contribution in [0, 0.1) is 5.82 Å². The lowest BCUT2D eigenvalue weighted by Crippen LogP contribution is -2.28. The fraction of sp³-hybridized carbons (Fsp3) is 0.0952. The van der Waals surface area contributed by atoms with Gasteiger partial charge in [-0.1, -0.05) is 30.3 Å². The van der Waals surface area contributed by atoms with Crippen molar-refractivity contribution in [2.45, 2.75) is 6.54 Å². The van der Waals surface area contributed by atoms with Crippen LogP contribution in [0.15, 0.2) is 78.9 Å². The fourth-order valence-electron chi connectivity index (χ4n) is 2.23. The summed E-state index contributed by atoms with van der Waals surface area (Å²) >= 11 is 0. The van der Waals surface area contributed by atoms with E-state index in [0.29, 0.717) is 18.0 Å². The summed E-state index contributed by atoms with van der Waals surface area (Å²) in [5, 5.41) is 2.72. The molecule has 132 valence electrons. The molecule has 0 heterocycles. The number of amides is 1. The Hall–Kier alpha value is -3.34. The highest BCUT2D eigenvalue weighted by Crippen LogP contribution is 2.23. The number of carbonyl (C=O) groups is 1. The molecule has 0 aliphatic heterocycles. The Morgan fingerprint density at radius 1 is 0.808 bits per heavy atom. The number of carbonyl (C=O) groups excluding carboxylic acids is 1. The van der Waals surface area contributed by atoms with Crippen molar-refractivity contribution in [2.75, 3.05) is 6.61 Å². The van der Waals surface area contributed by atoms with E-state index in [0.717, 1.165) is 11.3 Å². The molecule has 0 radical (unpaired) electrons. The second-order valence-corrected chi connectivity index (χ2v) is 5.58. The Labute approximate surface area is 151 Å². The zero-order valence-electron chi connectivity index (χ0n) is 14.0. The molecule has 5 heteroatoms. The Balaban J connectivity index is 1.44. The highest BCUT2D eigenvalue weighted by molar-refractivity contribution is 5.77. The number of hydrogen-bond donors (Lipinski definition) is 1. The molecule has 1 N–H and O–H groups in total. The SMILES string of the molecule is O=C(COc1ccc(Oc2ccccc2)cc1)NCc1ccc(F)cc1. The van der Waals surface area contributed by atoms with E-state index in [2.05, 4.69) is 5.32 Å². The van der Waals surface area contributed by atoms with Crippen LogP contribution in [-0.4, -0.2) is 12.5 Å². The summed E-state index contributed by atoms with van der Waals surface area (Å²) in [6, 6.07) is 22.5. The molecular weight excluding hydrogens is 333 g/mol. The molecule has 3 aromatic carbocycles. The molecule has 0 aromatic heterocycles. The standard InChI is InChI=1S/C21H18FNO3/c22-17-8-6-16(7-9-17)14-23-21(24)15-25-18-10-12-20(13-11-18)26-19-4-2-1-3-5-19/h1-13H,14-15H2,(H,23,24). The van der Waals surface area contributed by atoms with Gasteiger partial charge in [0, 0.05) is 6.54 Å². The van der Waals surface area contributed by atoms with Crippen molar-refractivity contribution in [3.8, 4) is 17.2 Å². The predicted octanol–water partition coefficient (Wildman–Crippen LogP) is 4.31. The summed E-state index contributed by atoms with van der Waals surface area (Å²) in [5.74, 6) is 1.45. The minimum Gasteiger partial charge on any atom is -0.484 e. The summed E-state index contributed by atoms with van der Waals surface area (Å²) in [5.41, 5.74) is 0.821. The van der Waals surface area contributed by atoms with Gasteiger partial charge in [-0.15, -0.1) is 0 Å². The van der Waals surface area contributed by atoms with Crippen LogP contribution in [0.4, 0.5) is 4.39 Å². The van der Waals surface area contributed by atoms with Crippen molar-refractivity contribution >= 4 is 5.91 Å². The number of halogens is 1. The van der Waals surface area contributed by atoms with E-state index in [1.54, 1.807) is 36.4 Å². The quantitative estimate of drug-likeness (QED) is 0.690. The molecule has 26 heavy (non-hydrogen) atoms. The van der Waals surface area contributed by atoms with E-state index in [4.69, 9.17) is 9.47 Å². The molecule has 0 bridgehead atoms. The molecule has 0 atom stereocenters. The van der Waals surface area contributed by atoms with Crippen molar-refractivity contribution in [1.29, 1.82) is 0 Å². The molecule has 0 aliphatic carbocycles. The largest absolute Gasteiger partial charge is 0.484 e. The average molecular weight is 351 g/mol. The van der Waals surface area contributed by atoms with Crippen LogP contribution in [0.5, 0.6) is 17.2 Å². The number of ether oxygens (including phenoxy) is 2. The van der Waals surface area contributed by atoms with Gasteiger partial charge in [-0.05, 0) is 54.1 Å². The predicted molar refractivity (Wildman–Crippen MR) is 96.7 cm³/mol. The van der Waals surface area contributed by atoms with Gasteiger partial charge in [0.15, 0.2) is 6.61 Å². The minimum atomic E-state index is -0.303. The van der Waals surface area contributed by atoms with Crippen LogP contribution in [0.25, 0.3) is 0 Å². The summed E-state index contributed by atoms with van der Waals surface area (Å²) in [6.07, 6.45) is 0. The number of rotatable bonds is 7. The summed E-state index contributed by atoms with van der Waals surface area (Å²) in [6.45, 7) is 0.229. The molecule has 4 nitrogen and oxygen atoms in total. The molecule has 1 amide bonds. The van der Waals surface area contributed by atoms with Crippen molar-refractivity contribution in [3.05, 3.63) is 90.2 Å². The first kappa shape index (κ1) is 17.5. The zero-order valence-corrected chi connectivity index (χ0v) is 14.0. The van der Waals surface area contributed by atoms with Gasteiger partial charge in [0.2, 0.25) is 0 Å². The third-order valence-corrected chi connectivity index (χ3v) is 3.58. The van der Waals surface area contributed by atoms with Crippen LogP contribution in [-0.2, 0) is 11.3 Å². The van der Waals surface area contributed by atoms with Gasteiger partial charge in [0.05, 0.1) is 0 Å². The van der Waals surface area contributed by atoms with Gasteiger partial charge >= 0.3 is 0 Å². The van der Waals surface area contributed by atoms with E-state index in [1.165, 1.54) is 12.1 Å². The molecule has 0 aliphatic rings. The lowest BCUT2D eigenvalue weighted by Gasteiger charge is -2.09. The number of para-hydroxylation sites is 1. The molecule has 3 aromatic rings. The highest BCUT2D eigenvalue weighted by atomic mass is 19.1. The van der Waals surface area contributed by atoms with Gasteiger partial charge < -0.3 is 14.8 Å². The summed E-state index contributed by atoms with van der Waals surface area (Å²) in [7, 11) is 0. The lowest BCUT2D eigenvalue weighted by molar-refractivity contribution is -0.123.